The number of aryl methyl sites for hydroxylation is 1. The standard InChI is InChI=1S/C19H24N4O2/c1-14-6-4-7-15(12-14)19(24)23-11-5-8-16(13-23)25-18-10-9-17(20-21-18)22(2)3/h4,6-7,9-10,12,16H,5,8,11,13H2,1-3H3. The second-order valence-electron chi connectivity index (χ2n) is 6.63. The summed E-state index contributed by atoms with van der Waals surface area (Å²) in [6.07, 6.45) is 1.78. The fraction of sp³-hybridized carbons (Fsp3) is 0.421. The molecule has 1 aromatic heterocycles. The molecule has 0 aliphatic carbocycles. The van der Waals surface area contributed by atoms with Crippen LogP contribution in [0, 0.1) is 6.92 Å². The van der Waals surface area contributed by atoms with E-state index in [-0.39, 0.29) is 12.0 Å². The van der Waals surface area contributed by atoms with Crippen LogP contribution in [0.1, 0.15) is 28.8 Å². The second-order valence-corrected chi connectivity index (χ2v) is 6.63. The molecule has 0 N–H and O–H groups in total. The molecule has 6 nitrogen and oxygen atoms in total. The lowest BCUT2D eigenvalue weighted by Gasteiger charge is -2.32. The molecule has 1 aliphatic heterocycles. The summed E-state index contributed by atoms with van der Waals surface area (Å²) in [5.74, 6) is 1.35. The molecule has 2 aromatic rings. The number of likely N-dealkylation sites (tertiary alicyclic amines) is 1. The first-order chi connectivity index (χ1) is 12.0. The molecular formula is C19H24N4O2. The highest BCUT2D eigenvalue weighted by atomic mass is 16.5. The van der Waals surface area contributed by atoms with E-state index >= 15 is 0 Å². The summed E-state index contributed by atoms with van der Waals surface area (Å²) in [5.41, 5.74) is 1.82. The van der Waals surface area contributed by atoms with Gasteiger partial charge < -0.3 is 14.5 Å². The molecule has 132 valence electrons. The zero-order chi connectivity index (χ0) is 17.8. The van der Waals surface area contributed by atoms with Crippen molar-refractivity contribution in [2.24, 2.45) is 0 Å². The molecule has 1 aromatic carbocycles. The number of anilines is 1. The van der Waals surface area contributed by atoms with Crippen molar-refractivity contribution >= 4 is 11.7 Å². The number of hydrogen-bond acceptors (Lipinski definition) is 5. The number of aromatic nitrogens is 2. The Bertz CT molecular complexity index is 730. The van der Waals surface area contributed by atoms with Crippen LogP contribution < -0.4 is 9.64 Å². The van der Waals surface area contributed by atoms with Crippen LogP contribution in [0.2, 0.25) is 0 Å². The number of carbonyl (C=O) groups excluding carboxylic acids is 1. The summed E-state index contributed by atoms with van der Waals surface area (Å²) in [6, 6.07) is 11.4. The first-order valence-electron chi connectivity index (χ1n) is 8.56. The topological polar surface area (TPSA) is 58.6 Å². The van der Waals surface area contributed by atoms with Crippen molar-refractivity contribution in [2.75, 3.05) is 32.1 Å². The number of rotatable bonds is 4. The van der Waals surface area contributed by atoms with Crippen LogP contribution in [-0.4, -0.2) is 54.3 Å². The quantitative estimate of drug-likeness (QED) is 0.856. The van der Waals surface area contributed by atoms with E-state index in [1.165, 1.54) is 0 Å². The lowest BCUT2D eigenvalue weighted by Crippen LogP contribution is -2.44. The Kier molecular flexibility index (Phi) is 5.16. The van der Waals surface area contributed by atoms with E-state index in [1.54, 1.807) is 0 Å². The Morgan fingerprint density at radius 2 is 2.08 bits per heavy atom. The van der Waals surface area contributed by atoms with Gasteiger partial charge in [0.25, 0.3) is 5.91 Å². The number of nitrogens with zero attached hydrogens (tertiary/aromatic N) is 4. The summed E-state index contributed by atoms with van der Waals surface area (Å²) >= 11 is 0. The average molecular weight is 340 g/mol. The van der Waals surface area contributed by atoms with Crippen LogP contribution in [0.5, 0.6) is 5.88 Å². The van der Waals surface area contributed by atoms with E-state index in [0.717, 1.165) is 36.3 Å². The Labute approximate surface area is 148 Å². The van der Waals surface area contributed by atoms with E-state index in [2.05, 4.69) is 10.2 Å². The van der Waals surface area contributed by atoms with Gasteiger partial charge in [-0.3, -0.25) is 4.79 Å². The predicted molar refractivity (Wildman–Crippen MR) is 97.1 cm³/mol. The van der Waals surface area contributed by atoms with Crippen LogP contribution >= 0.6 is 0 Å². The molecule has 1 fully saturated rings. The molecule has 1 aliphatic rings. The summed E-state index contributed by atoms with van der Waals surface area (Å²) in [5, 5.41) is 8.24. The largest absolute Gasteiger partial charge is 0.471 e. The van der Waals surface area contributed by atoms with Gasteiger partial charge in [-0.15, -0.1) is 10.2 Å². The molecule has 0 bridgehead atoms. The van der Waals surface area contributed by atoms with Crippen molar-refractivity contribution in [1.82, 2.24) is 15.1 Å². The van der Waals surface area contributed by atoms with Crippen molar-refractivity contribution in [3.63, 3.8) is 0 Å². The van der Waals surface area contributed by atoms with Crippen LogP contribution in [0.4, 0.5) is 5.82 Å². The molecule has 3 rings (SSSR count). The molecule has 6 heteroatoms. The third kappa shape index (κ3) is 4.26. The first kappa shape index (κ1) is 17.2. The number of piperidine rings is 1. The molecule has 1 amide bonds. The maximum absolute atomic E-state index is 12.7. The van der Waals surface area contributed by atoms with Gasteiger partial charge in [-0.2, -0.15) is 0 Å². The van der Waals surface area contributed by atoms with Gasteiger partial charge in [0.1, 0.15) is 6.10 Å². The fourth-order valence-corrected chi connectivity index (χ4v) is 2.96. The maximum Gasteiger partial charge on any atom is 0.253 e. The number of carbonyl (C=O) groups is 1. The van der Waals surface area contributed by atoms with E-state index in [9.17, 15) is 4.79 Å². The van der Waals surface area contributed by atoms with E-state index in [1.807, 2.05) is 67.2 Å². The monoisotopic (exact) mass is 340 g/mol. The molecule has 1 atom stereocenters. The molecular weight excluding hydrogens is 316 g/mol. The maximum atomic E-state index is 12.7. The molecule has 25 heavy (non-hydrogen) atoms. The minimum absolute atomic E-state index is 0.0537. The first-order valence-corrected chi connectivity index (χ1v) is 8.56. The number of benzene rings is 1. The molecule has 0 saturated carbocycles. The van der Waals surface area contributed by atoms with Crippen LogP contribution in [0.3, 0.4) is 0 Å². The van der Waals surface area contributed by atoms with E-state index < -0.39 is 0 Å². The zero-order valence-electron chi connectivity index (χ0n) is 15.0. The molecule has 2 heterocycles. The van der Waals surface area contributed by atoms with Gasteiger partial charge >= 0.3 is 0 Å². The lowest BCUT2D eigenvalue weighted by atomic mass is 10.1. The number of amides is 1. The highest BCUT2D eigenvalue weighted by molar-refractivity contribution is 5.94. The normalized spacial score (nSPS) is 17.2. The van der Waals surface area contributed by atoms with Gasteiger partial charge in [-0.25, -0.2) is 0 Å². The second kappa shape index (κ2) is 7.51. The third-order valence-corrected chi connectivity index (χ3v) is 4.30. The van der Waals surface area contributed by atoms with Crippen LogP contribution in [0.25, 0.3) is 0 Å². The van der Waals surface area contributed by atoms with Gasteiger partial charge in [0.15, 0.2) is 5.82 Å². The summed E-state index contributed by atoms with van der Waals surface area (Å²) in [7, 11) is 3.83. The number of ether oxygens (including phenoxy) is 1. The molecule has 1 saturated heterocycles. The Balaban J connectivity index is 1.63. The summed E-state index contributed by atoms with van der Waals surface area (Å²) < 4.78 is 5.94. The average Bonchev–Trinajstić information content (AvgIpc) is 2.62. The Morgan fingerprint density at radius 1 is 1.24 bits per heavy atom. The predicted octanol–water partition coefficient (Wildman–Crippen LogP) is 2.53. The van der Waals surface area contributed by atoms with Crippen molar-refractivity contribution < 1.29 is 9.53 Å². The van der Waals surface area contributed by atoms with Crippen molar-refractivity contribution in [1.29, 1.82) is 0 Å². The van der Waals surface area contributed by atoms with E-state index in [4.69, 9.17) is 4.74 Å². The SMILES string of the molecule is Cc1cccc(C(=O)N2CCCC(Oc3ccc(N(C)C)nn3)C2)c1. The molecule has 0 spiro atoms. The third-order valence-electron chi connectivity index (χ3n) is 4.30. The van der Waals surface area contributed by atoms with Crippen molar-refractivity contribution in [3.05, 3.63) is 47.5 Å². The highest BCUT2D eigenvalue weighted by Crippen LogP contribution is 2.19. The Hall–Kier alpha value is -2.63. The summed E-state index contributed by atoms with van der Waals surface area (Å²) in [6.45, 7) is 3.33. The summed E-state index contributed by atoms with van der Waals surface area (Å²) in [4.78, 5) is 16.5. The van der Waals surface area contributed by atoms with Gasteiger partial charge in [0.2, 0.25) is 5.88 Å². The van der Waals surface area contributed by atoms with Gasteiger partial charge in [0, 0.05) is 32.3 Å². The van der Waals surface area contributed by atoms with Gasteiger partial charge in [-0.05, 0) is 38.0 Å². The lowest BCUT2D eigenvalue weighted by molar-refractivity contribution is 0.0525. The molecule has 0 radical (unpaired) electrons. The van der Waals surface area contributed by atoms with Gasteiger partial charge in [-0.1, -0.05) is 17.7 Å². The highest BCUT2D eigenvalue weighted by Gasteiger charge is 2.26. The minimum atomic E-state index is -0.0537. The molecule has 1 unspecified atom stereocenters. The fourth-order valence-electron chi connectivity index (χ4n) is 2.96. The smallest absolute Gasteiger partial charge is 0.253 e. The van der Waals surface area contributed by atoms with Crippen molar-refractivity contribution in [2.45, 2.75) is 25.9 Å². The van der Waals surface area contributed by atoms with Crippen LogP contribution in [0.15, 0.2) is 36.4 Å². The van der Waals surface area contributed by atoms with Crippen LogP contribution in [-0.2, 0) is 0 Å². The minimum Gasteiger partial charge on any atom is -0.471 e. The van der Waals surface area contributed by atoms with Gasteiger partial charge in [0.05, 0.1) is 6.54 Å². The van der Waals surface area contributed by atoms with Crippen molar-refractivity contribution in [3.8, 4) is 5.88 Å². The zero-order valence-corrected chi connectivity index (χ0v) is 15.0. The number of hydrogen-bond donors (Lipinski definition) is 0. The Morgan fingerprint density at radius 3 is 2.76 bits per heavy atom. The van der Waals surface area contributed by atoms with E-state index in [0.29, 0.717) is 12.4 Å².